The largest absolute Gasteiger partial charge is 0.508 e. The number of aromatic hydroxyl groups is 2. The topological polar surface area (TPSA) is 168 Å². The van der Waals surface area contributed by atoms with Crippen molar-refractivity contribution >= 4 is 45.2 Å². The normalized spacial score (nSPS) is 10.1. The molecule has 0 saturated heterocycles. The second kappa shape index (κ2) is 15.5. The Bertz CT molecular complexity index is 2100. The molecule has 10 nitrogen and oxygen atoms in total. The van der Waals surface area contributed by atoms with Crippen molar-refractivity contribution in [2.45, 2.75) is 6.92 Å². The second-order valence-electron chi connectivity index (χ2n) is 10.3. The Balaban J connectivity index is 0.000000182. The molecule has 0 bridgehead atoms. The zero-order chi connectivity index (χ0) is 34.8. The van der Waals surface area contributed by atoms with Gasteiger partial charge < -0.3 is 29.9 Å². The average Bonchev–Trinajstić information content (AvgIpc) is 3.08. The minimum atomic E-state index is -0.986. The molecule has 0 atom stereocenters. The molecule has 0 amide bonds. The maximum Gasteiger partial charge on any atom is 0.343 e. The molecule has 0 aliphatic carbocycles. The minimum absolute atomic E-state index is 0.0298. The van der Waals surface area contributed by atoms with Gasteiger partial charge in [0.05, 0.1) is 23.8 Å². The van der Waals surface area contributed by atoms with Crippen molar-refractivity contribution in [2.75, 3.05) is 7.11 Å². The molecule has 0 spiro atoms. The average molecular weight is 647 g/mol. The lowest BCUT2D eigenvalue weighted by Gasteiger charge is -2.07. The highest BCUT2D eigenvalue weighted by molar-refractivity contribution is 5.97. The van der Waals surface area contributed by atoms with Gasteiger partial charge in [-0.05, 0) is 126 Å². The summed E-state index contributed by atoms with van der Waals surface area (Å²) in [4.78, 5) is 44.4. The number of hydrogen-bond donors (Lipinski definition) is 4. The van der Waals surface area contributed by atoms with Crippen molar-refractivity contribution in [3.05, 3.63) is 144 Å². The second-order valence-corrected chi connectivity index (χ2v) is 10.3. The number of aromatic carboxylic acids is 2. The number of ether oxygens (including phenoxy) is 2. The summed E-state index contributed by atoms with van der Waals surface area (Å²) >= 11 is 0. The van der Waals surface area contributed by atoms with Gasteiger partial charge in [-0.3, -0.25) is 4.79 Å². The van der Waals surface area contributed by atoms with Crippen LogP contribution >= 0.6 is 0 Å². The number of phenolic OH excluding ortho intramolecular Hbond substituents is 2. The van der Waals surface area contributed by atoms with E-state index in [1.54, 1.807) is 67.8 Å². The molecule has 0 aliphatic heterocycles. The third-order valence-electron chi connectivity index (χ3n) is 6.94. The van der Waals surface area contributed by atoms with Crippen molar-refractivity contribution in [1.82, 2.24) is 0 Å². The smallest absolute Gasteiger partial charge is 0.343 e. The number of esters is 1. The molecule has 0 aliphatic rings. The van der Waals surface area contributed by atoms with Crippen molar-refractivity contribution in [2.24, 2.45) is 0 Å². The maximum atomic E-state index is 12.3. The van der Waals surface area contributed by atoms with Crippen molar-refractivity contribution in [1.29, 1.82) is 0 Å². The Hall–Kier alpha value is -6.68. The molecule has 10 heteroatoms. The van der Waals surface area contributed by atoms with E-state index in [1.165, 1.54) is 43.3 Å². The molecule has 6 rings (SSSR count). The van der Waals surface area contributed by atoms with Crippen molar-refractivity contribution < 1.29 is 49.1 Å². The third-order valence-corrected chi connectivity index (χ3v) is 6.94. The number of fused-ring (bicyclic) bond motifs is 2. The van der Waals surface area contributed by atoms with Crippen LogP contribution in [0, 0.1) is 0 Å². The van der Waals surface area contributed by atoms with Gasteiger partial charge in [-0.15, -0.1) is 0 Å². The van der Waals surface area contributed by atoms with E-state index in [9.17, 15) is 24.3 Å². The highest BCUT2D eigenvalue weighted by atomic mass is 16.5. The Morgan fingerprint density at radius 3 is 1.50 bits per heavy atom. The predicted molar refractivity (Wildman–Crippen MR) is 180 cm³/mol. The van der Waals surface area contributed by atoms with E-state index in [1.807, 2.05) is 24.3 Å². The maximum absolute atomic E-state index is 12.3. The van der Waals surface area contributed by atoms with Gasteiger partial charge in [-0.1, -0.05) is 24.3 Å². The molecule has 0 unspecified atom stereocenters. The summed E-state index contributed by atoms with van der Waals surface area (Å²) in [7, 11) is 1.62. The fourth-order valence-corrected chi connectivity index (χ4v) is 4.37. The molecule has 0 heterocycles. The highest BCUT2D eigenvalue weighted by Gasteiger charge is 2.10. The number of rotatable bonds is 6. The molecular weight excluding hydrogens is 616 g/mol. The van der Waals surface area contributed by atoms with E-state index in [-0.39, 0.29) is 28.4 Å². The monoisotopic (exact) mass is 646 g/mol. The lowest BCUT2D eigenvalue weighted by Crippen LogP contribution is -2.08. The van der Waals surface area contributed by atoms with E-state index < -0.39 is 17.9 Å². The van der Waals surface area contributed by atoms with Crippen molar-refractivity contribution in [3.63, 3.8) is 0 Å². The molecule has 0 fully saturated rings. The lowest BCUT2D eigenvalue weighted by atomic mass is 10.1. The van der Waals surface area contributed by atoms with Crippen LogP contribution in [-0.2, 0) is 0 Å². The number of Topliss-reactive ketones (excluding diaryl/α,β-unsaturated/α-hetero) is 1. The van der Waals surface area contributed by atoms with Crippen LogP contribution in [-0.4, -0.2) is 51.2 Å². The van der Waals surface area contributed by atoms with Crippen LogP contribution in [0.25, 0.3) is 21.5 Å². The Kier molecular flexibility index (Phi) is 11.1. The summed E-state index contributed by atoms with van der Waals surface area (Å²) in [6.07, 6.45) is 0. The van der Waals surface area contributed by atoms with E-state index in [2.05, 4.69) is 0 Å². The Labute approximate surface area is 274 Å². The number of phenols is 2. The predicted octanol–water partition coefficient (Wildman–Crippen LogP) is 7.60. The number of carbonyl (C=O) groups is 4. The fraction of sp³-hybridized carbons (Fsp3) is 0.0526. The zero-order valence-corrected chi connectivity index (χ0v) is 25.8. The molecule has 48 heavy (non-hydrogen) atoms. The van der Waals surface area contributed by atoms with Crippen molar-refractivity contribution in [3.8, 4) is 23.0 Å². The van der Waals surface area contributed by atoms with Crippen LogP contribution in [0.15, 0.2) is 121 Å². The first-order valence-corrected chi connectivity index (χ1v) is 14.3. The van der Waals surface area contributed by atoms with E-state index in [0.29, 0.717) is 16.9 Å². The molecule has 6 aromatic carbocycles. The molecule has 6 aromatic rings. The Morgan fingerprint density at radius 2 is 0.917 bits per heavy atom. The first kappa shape index (κ1) is 34.2. The number of carboxylic acid groups (broad SMARTS) is 2. The SMILES string of the molecule is COc1ccc2cc(C(=O)Oc3ccc(C(C)=O)cc3)ccc2c1.O=C(O)c1ccc(O)cc1.O=C(O)c1ccc2cc(O)ccc2c1. The summed E-state index contributed by atoms with van der Waals surface area (Å²) < 4.78 is 10.5. The minimum Gasteiger partial charge on any atom is -0.508 e. The Morgan fingerprint density at radius 1 is 0.479 bits per heavy atom. The molecular formula is C38H30O10. The number of carboxylic acids is 2. The number of ketones is 1. The van der Waals surface area contributed by atoms with Gasteiger partial charge in [0, 0.05) is 5.56 Å². The van der Waals surface area contributed by atoms with Crippen LogP contribution in [0.4, 0.5) is 0 Å². The summed E-state index contributed by atoms with van der Waals surface area (Å²) in [5.74, 6) is -0.977. The standard InChI is InChI=1S/C20H16O4.C11H8O3.C7H6O3/c1-13(21)14-5-8-18(9-6-14)24-20(22)17-4-3-16-12-19(23-2)10-7-15(16)11-17;12-10-4-3-7-5-9(11(13)14)2-1-8(7)6-10;8-6-3-1-5(2-4-6)7(9)10/h3-12H,1-2H3;1-6,12H,(H,13,14);1-4,8H,(H,9,10). The molecule has 0 radical (unpaired) electrons. The van der Waals surface area contributed by atoms with Crippen LogP contribution in [0.5, 0.6) is 23.0 Å². The number of hydrogen-bond acceptors (Lipinski definition) is 8. The molecule has 0 saturated carbocycles. The van der Waals surface area contributed by atoms with Gasteiger partial charge in [0.25, 0.3) is 0 Å². The number of carbonyl (C=O) groups excluding carboxylic acids is 2. The molecule has 242 valence electrons. The summed E-state index contributed by atoms with van der Waals surface area (Å²) in [5, 5.41) is 38.6. The van der Waals surface area contributed by atoms with Gasteiger partial charge in [0.15, 0.2) is 5.78 Å². The van der Waals surface area contributed by atoms with Crippen LogP contribution < -0.4 is 9.47 Å². The first-order chi connectivity index (χ1) is 22.9. The van der Waals surface area contributed by atoms with Gasteiger partial charge >= 0.3 is 17.9 Å². The number of methoxy groups -OCH3 is 1. The summed E-state index contributed by atoms with van der Waals surface area (Å²) in [5.41, 5.74) is 1.47. The molecule has 0 aromatic heterocycles. The molecule has 4 N–H and O–H groups in total. The zero-order valence-electron chi connectivity index (χ0n) is 25.8. The van der Waals surface area contributed by atoms with E-state index in [4.69, 9.17) is 24.8 Å². The van der Waals surface area contributed by atoms with E-state index >= 15 is 0 Å². The van der Waals surface area contributed by atoms with Gasteiger partial charge in [-0.2, -0.15) is 0 Å². The van der Waals surface area contributed by atoms with E-state index in [0.717, 1.165) is 27.3 Å². The van der Waals surface area contributed by atoms with Gasteiger partial charge in [0.1, 0.15) is 23.0 Å². The van der Waals surface area contributed by atoms with Gasteiger partial charge in [-0.25, -0.2) is 14.4 Å². The lowest BCUT2D eigenvalue weighted by molar-refractivity contribution is 0.0686. The van der Waals surface area contributed by atoms with Crippen LogP contribution in [0.3, 0.4) is 0 Å². The quantitative estimate of drug-likeness (QED) is 0.0803. The third kappa shape index (κ3) is 9.18. The summed E-state index contributed by atoms with van der Waals surface area (Å²) in [6, 6.07) is 32.5. The van der Waals surface area contributed by atoms with Gasteiger partial charge in [0.2, 0.25) is 0 Å². The fourth-order valence-electron chi connectivity index (χ4n) is 4.37. The number of benzene rings is 6. The van der Waals surface area contributed by atoms with Crippen LogP contribution in [0.1, 0.15) is 48.4 Å². The summed E-state index contributed by atoms with van der Waals surface area (Å²) in [6.45, 7) is 1.49. The van der Waals surface area contributed by atoms with Crippen LogP contribution in [0.2, 0.25) is 0 Å². The first-order valence-electron chi connectivity index (χ1n) is 14.3. The highest BCUT2D eigenvalue weighted by Crippen LogP contribution is 2.23.